The molecule has 2 aromatic carbocycles. The SMILES string of the molecule is COc1ccc(-n2cc(/N=C/c3ccc(C)cc3)n3ncnc23)cc1OC. The summed E-state index contributed by atoms with van der Waals surface area (Å²) in [5.41, 5.74) is 3.11. The summed E-state index contributed by atoms with van der Waals surface area (Å²) in [6.45, 7) is 2.06. The molecule has 136 valence electrons. The average molecular weight is 361 g/mol. The third-order valence-electron chi connectivity index (χ3n) is 4.28. The minimum absolute atomic E-state index is 0.645. The van der Waals surface area contributed by atoms with Crippen molar-refractivity contribution in [2.45, 2.75) is 6.92 Å². The first-order chi connectivity index (χ1) is 13.2. The Balaban J connectivity index is 1.75. The number of rotatable bonds is 5. The molecule has 4 rings (SSSR count). The predicted octanol–water partition coefficient (Wildman–Crippen LogP) is 3.60. The number of hydrogen-bond acceptors (Lipinski definition) is 5. The Morgan fingerprint density at radius 1 is 1.00 bits per heavy atom. The van der Waals surface area contributed by atoms with Crippen LogP contribution in [0.5, 0.6) is 11.5 Å². The van der Waals surface area contributed by atoms with Crippen LogP contribution >= 0.6 is 0 Å². The van der Waals surface area contributed by atoms with Crippen LogP contribution in [0.2, 0.25) is 0 Å². The monoisotopic (exact) mass is 361 g/mol. The molecule has 0 unspecified atom stereocenters. The first-order valence-corrected chi connectivity index (χ1v) is 8.44. The van der Waals surface area contributed by atoms with Gasteiger partial charge in [-0.15, -0.1) is 0 Å². The van der Waals surface area contributed by atoms with Gasteiger partial charge in [-0.3, -0.25) is 4.57 Å². The van der Waals surface area contributed by atoms with Gasteiger partial charge in [-0.25, -0.2) is 4.99 Å². The van der Waals surface area contributed by atoms with E-state index in [4.69, 9.17) is 9.47 Å². The summed E-state index contributed by atoms with van der Waals surface area (Å²) < 4.78 is 14.3. The van der Waals surface area contributed by atoms with Crippen LogP contribution in [0.3, 0.4) is 0 Å². The molecular weight excluding hydrogens is 342 g/mol. The molecule has 0 aliphatic carbocycles. The number of fused-ring (bicyclic) bond motifs is 1. The zero-order valence-corrected chi connectivity index (χ0v) is 15.3. The molecule has 27 heavy (non-hydrogen) atoms. The highest BCUT2D eigenvalue weighted by atomic mass is 16.5. The van der Waals surface area contributed by atoms with E-state index in [9.17, 15) is 0 Å². The van der Waals surface area contributed by atoms with Crippen molar-refractivity contribution in [3.05, 3.63) is 66.1 Å². The van der Waals surface area contributed by atoms with Crippen molar-refractivity contribution in [2.24, 2.45) is 4.99 Å². The fourth-order valence-corrected chi connectivity index (χ4v) is 2.84. The van der Waals surface area contributed by atoms with Crippen molar-refractivity contribution < 1.29 is 9.47 Å². The van der Waals surface area contributed by atoms with Gasteiger partial charge in [0.05, 0.1) is 26.1 Å². The Labute approximate surface area is 156 Å². The van der Waals surface area contributed by atoms with E-state index in [0.29, 0.717) is 23.1 Å². The zero-order chi connectivity index (χ0) is 18.8. The summed E-state index contributed by atoms with van der Waals surface area (Å²) in [5.74, 6) is 2.66. The van der Waals surface area contributed by atoms with Gasteiger partial charge in [0.2, 0.25) is 5.78 Å². The molecule has 0 N–H and O–H groups in total. The summed E-state index contributed by atoms with van der Waals surface area (Å²) >= 11 is 0. The minimum Gasteiger partial charge on any atom is -0.493 e. The first-order valence-electron chi connectivity index (χ1n) is 8.44. The Morgan fingerprint density at radius 2 is 1.78 bits per heavy atom. The molecule has 4 aromatic rings. The molecule has 7 heteroatoms. The van der Waals surface area contributed by atoms with Crippen molar-refractivity contribution in [1.82, 2.24) is 19.2 Å². The maximum absolute atomic E-state index is 5.40. The van der Waals surface area contributed by atoms with Crippen molar-refractivity contribution in [1.29, 1.82) is 0 Å². The topological polar surface area (TPSA) is 65.9 Å². The van der Waals surface area contributed by atoms with Gasteiger partial charge in [-0.1, -0.05) is 29.8 Å². The predicted molar refractivity (Wildman–Crippen MR) is 104 cm³/mol. The summed E-state index contributed by atoms with van der Waals surface area (Å²) in [7, 11) is 3.23. The molecule has 0 atom stereocenters. The number of ether oxygens (including phenoxy) is 2. The van der Waals surface area contributed by atoms with Crippen LogP contribution in [0.15, 0.2) is 60.0 Å². The molecule has 7 nitrogen and oxygen atoms in total. The summed E-state index contributed by atoms with van der Waals surface area (Å²) in [4.78, 5) is 8.94. The van der Waals surface area contributed by atoms with E-state index < -0.39 is 0 Å². The highest BCUT2D eigenvalue weighted by molar-refractivity contribution is 5.81. The molecule has 2 heterocycles. The quantitative estimate of drug-likeness (QED) is 0.510. The van der Waals surface area contributed by atoms with E-state index in [-0.39, 0.29) is 0 Å². The highest BCUT2D eigenvalue weighted by Gasteiger charge is 2.13. The summed E-state index contributed by atoms with van der Waals surface area (Å²) in [5, 5.41) is 4.28. The molecular formula is C20H19N5O2. The number of nitrogens with zero attached hydrogens (tertiary/aromatic N) is 5. The van der Waals surface area contributed by atoms with Crippen molar-refractivity contribution in [2.75, 3.05) is 14.2 Å². The van der Waals surface area contributed by atoms with E-state index in [1.807, 2.05) is 47.3 Å². The number of imidazole rings is 1. The van der Waals surface area contributed by atoms with Crippen LogP contribution in [0.25, 0.3) is 11.5 Å². The average Bonchev–Trinajstić information content (AvgIpc) is 3.30. The smallest absolute Gasteiger partial charge is 0.239 e. The molecule has 0 saturated heterocycles. The zero-order valence-electron chi connectivity index (χ0n) is 15.3. The number of hydrogen-bond donors (Lipinski definition) is 0. The number of aryl methyl sites for hydroxylation is 1. The van der Waals surface area contributed by atoms with Crippen LogP contribution in [-0.2, 0) is 0 Å². The lowest BCUT2D eigenvalue weighted by atomic mass is 10.2. The molecule has 0 fully saturated rings. The largest absolute Gasteiger partial charge is 0.493 e. The lowest BCUT2D eigenvalue weighted by molar-refractivity contribution is 0.355. The van der Waals surface area contributed by atoms with Crippen molar-refractivity contribution in [3.8, 4) is 17.2 Å². The van der Waals surface area contributed by atoms with Crippen LogP contribution in [0.1, 0.15) is 11.1 Å². The molecule has 0 saturated carbocycles. The third kappa shape index (κ3) is 3.15. The van der Waals surface area contributed by atoms with Gasteiger partial charge in [0.1, 0.15) is 6.33 Å². The minimum atomic E-state index is 0.645. The van der Waals surface area contributed by atoms with Gasteiger partial charge >= 0.3 is 0 Å². The van der Waals surface area contributed by atoms with Crippen LogP contribution < -0.4 is 9.47 Å². The lowest BCUT2D eigenvalue weighted by Gasteiger charge is -2.09. The van der Waals surface area contributed by atoms with E-state index in [2.05, 4.69) is 34.1 Å². The van der Waals surface area contributed by atoms with Gasteiger partial charge in [0.25, 0.3) is 0 Å². The molecule has 0 spiro atoms. The fraction of sp³-hybridized carbons (Fsp3) is 0.150. The second-order valence-electron chi connectivity index (χ2n) is 6.04. The number of benzene rings is 2. The molecule has 0 aliphatic heterocycles. The maximum atomic E-state index is 5.40. The Kier molecular flexibility index (Phi) is 4.33. The van der Waals surface area contributed by atoms with E-state index in [0.717, 1.165) is 11.3 Å². The summed E-state index contributed by atoms with van der Waals surface area (Å²) in [6, 6.07) is 13.9. The Morgan fingerprint density at radius 3 is 2.52 bits per heavy atom. The number of aromatic nitrogens is 4. The summed E-state index contributed by atoms with van der Waals surface area (Å²) in [6.07, 6.45) is 5.22. The second kappa shape index (κ2) is 6.95. The highest BCUT2D eigenvalue weighted by Crippen LogP contribution is 2.30. The van der Waals surface area contributed by atoms with Gasteiger partial charge < -0.3 is 9.47 Å². The van der Waals surface area contributed by atoms with Gasteiger partial charge in [0, 0.05) is 12.3 Å². The molecule has 0 radical (unpaired) electrons. The van der Waals surface area contributed by atoms with E-state index in [1.54, 1.807) is 18.7 Å². The third-order valence-corrected chi connectivity index (χ3v) is 4.28. The van der Waals surface area contributed by atoms with Gasteiger partial charge in [0.15, 0.2) is 17.3 Å². The Hall–Kier alpha value is -3.61. The van der Waals surface area contributed by atoms with Crippen molar-refractivity contribution >= 4 is 17.8 Å². The van der Waals surface area contributed by atoms with Gasteiger partial charge in [-0.05, 0) is 24.6 Å². The second-order valence-corrected chi connectivity index (χ2v) is 6.04. The van der Waals surface area contributed by atoms with Crippen LogP contribution in [0, 0.1) is 6.92 Å². The molecule has 0 bridgehead atoms. The van der Waals surface area contributed by atoms with Crippen LogP contribution in [0.4, 0.5) is 5.82 Å². The number of methoxy groups -OCH3 is 2. The molecule has 0 amide bonds. The number of aliphatic imine (C=N–C) groups is 1. The standard InChI is InChI=1S/C20H19N5O2/c1-14-4-6-15(7-5-14)11-21-19-12-24(20-22-13-23-25(19)20)16-8-9-17(26-2)18(10-16)27-3/h4-13H,1-3H3/b21-11+. The van der Waals surface area contributed by atoms with E-state index in [1.165, 1.54) is 11.9 Å². The van der Waals surface area contributed by atoms with E-state index >= 15 is 0 Å². The Bertz CT molecular complexity index is 1110. The van der Waals surface area contributed by atoms with Crippen LogP contribution in [-0.4, -0.2) is 39.6 Å². The molecule has 2 aromatic heterocycles. The molecule has 0 aliphatic rings. The fourth-order valence-electron chi connectivity index (χ4n) is 2.84. The van der Waals surface area contributed by atoms with Gasteiger partial charge in [-0.2, -0.15) is 14.6 Å². The lowest BCUT2D eigenvalue weighted by Crippen LogP contribution is -1.96. The van der Waals surface area contributed by atoms with Crippen molar-refractivity contribution in [3.63, 3.8) is 0 Å². The first kappa shape index (κ1) is 16.8. The normalized spacial score (nSPS) is 11.4. The maximum Gasteiger partial charge on any atom is 0.239 e.